The molecule has 24 heavy (non-hydrogen) atoms. The first-order chi connectivity index (χ1) is 11.1. The number of hydrogen-bond acceptors (Lipinski definition) is 3. The van der Waals surface area contributed by atoms with Crippen LogP contribution in [0.2, 0.25) is 0 Å². The number of anilines is 1. The highest BCUT2D eigenvalue weighted by Gasteiger charge is 2.32. The Morgan fingerprint density at radius 3 is 2.58 bits per heavy atom. The number of carbonyl (C=O) groups is 2. The molecule has 0 spiro atoms. The lowest BCUT2D eigenvalue weighted by Gasteiger charge is -2.33. The molecule has 3 atom stereocenters. The molecule has 132 valence electrons. The maximum Gasteiger partial charge on any atom is 0.249 e. The minimum absolute atomic E-state index is 0. The van der Waals surface area contributed by atoms with Crippen LogP contribution >= 0.6 is 12.4 Å². The molecule has 3 rings (SSSR count). The van der Waals surface area contributed by atoms with Gasteiger partial charge in [-0.25, -0.2) is 0 Å². The Hall–Kier alpha value is -1.59. The Balaban J connectivity index is 0.00000208. The number of nitrogens with one attached hydrogen (secondary N) is 1. The summed E-state index contributed by atoms with van der Waals surface area (Å²) in [7, 11) is 0. The molecule has 5 nitrogen and oxygen atoms in total. The zero-order chi connectivity index (χ0) is 16.2. The van der Waals surface area contributed by atoms with Crippen LogP contribution in [0.15, 0.2) is 30.3 Å². The molecule has 1 aliphatic carbocycles. The van der Waals surface area contributed by atoms with Crippen molar-refractivity contribution in [3.63, 3.8) is 0 Å². The largest absolute Gasteiger partial charge is 0.344 e. The number of nitrogens with zero attached hydrogens (tertiary/aromatic N) is 1. The molecule has 2 amide bonds. The second-order valence-electron chi connectivity index (χ2n) is 6.65. The van der Waals surface area contributed by atoms with E-state index in [1.54, 1.807) is 4.90 Å². The summed E-state index contributed by atoms with van der Waals surface area (Å²) in [4.78, 5) is 26.7. The highest BCUT2D eigenvalue weighted by atomic mass is 35.5. The first-order valence-corrected chi connectivity index (χ1v) is 8.56. The van der Waals surface area contributed by atoms with Crippen LogP contribution in [0.1, 0.15) is 38.5 Å². The molecule has 3 N–H and O–H groups in total. The maximum atomic E-state index is 12.6. The van der Waals surface area contributed by atoms with Gasteiger partial charge >= 0.3 is 0 Å². The molecular formula is C18H26ClN3O2. The summed E-state index contributed by atoms with van der Waals surface area (Å²) in [5.41, 5.74) is 6.93. The lowest BCUT2D eigenvalue weighted by atomic mass is 9.98. The van der Waals surface area contributed by atoms with Crippen molar-refractivity contribution in [3.05, 3.63) is 30.3 Å². The minimum Gasteiger partial charge on any atom is -0.344 e. The number of amides is 2. The van der Waals surface area contributed by atoms with E-state index in [1.807, 2.05) is 30.3 Å². The summed E-state index contributed by atoms with van der Waals surface area (Å²) in [5.74, 6) is 0.214. The third-order valence-corrected chi connectivity index (χ3v) is 5.01. The lowest BCUT2D eigenvalue weighted by molar-refractivity contribution is -0.129. The standard InChI is InChI=1S/C18H25N3O2.ClH/c19-15-9-4-6-13(15)12-17(22)20-16-10-5-11-21(18(16)23)14-7-2-1-3-8-14;/h1-3,7-8,13,15-16H,4-6,9-12,19H2,(H,20,22);1H/t13-,15+,16?;/m0./s1. The Morgan fingerprint density at radius 1 is 1.17 bits per heavy atom. The Morgan fingerprint density at radius 2 is 1.92 bits per heavy atom. The highest BCUT2D eigenvalue weighted by molar-refractivity contribution is 5.99. The summed E-state index contributed by atoms with van der Waals surface area (Å²) in [6, 6.07) is 9.36. The van der Waals surface area contributed by atoms with Gasteiger partial charge in [0.15, 0.2) is 0 Å². The second-order valence-corrected chi connectivity index (χ2v) is 6.65. The maximum absolute atomic E-state index is 12.6. The summed E-state index contributed by atoms with van der Waals surface area (Å²) in [6.07, 6.45) is 5.17. The van der Waals surface area contributed by atoms with E-state index in [0.29, 0.717) is 19.4 Å². The quantitative estimate of drug-likeness (QED) is 0.873. The van der Waals surface area contributed by atoms with E-state index in [0.717, 1.165) is 31.4 Å². The first kappa shape index (κ1) is 18.7. The molecule has 1 aliphatic heterocycles. The lowest BCUT2D eigenvalue weighted by Crippen LogP contribution is -2.52. The van der Waals surface area contributed by atoms with Gasteiger partial charge < -0.3 is 16.0 Å². The molecule has 1 unspecified atom stereocenters. The van der Waals surface area contributed by atoms with Crippen LogP contribution in [0, 0.1) is 5.92 Å². The van der Waals surface area contributed by atoms with Gasteiger partial charge in [-0.15, -0.1) is 12.4 Å². The van der Waals surface area contributed by atoms with Crippen LogP contribution in [-0.4, -0.2) is 30.4 Å². The average Bonchev–Trinajstić information content (AvgIpc) is 2.95. The number of para-hydroxylation sites is 1. The molecule has 6 heteroatoms. The van der Waals surface area contributed by atoms with Crippen LogP contribution in [-0.2, 0) is 9.59 Å². The monoisotopic (exact) mass is 351 g/mol. The van der Waals surface area contributed by atoms with Gasteiger partial charge in [0.25, 0.3) is 0 Å². The SMILES string of the molecule is Cl.N[C@@H]1CCC[C@H]1CC(=O)NC1CCCN(c2ccccc2)C1=O. The van der Waals surface area contributed by atoms with Crippen LogP contribution in [0.25, 0.3) is 0 Å². The predicted molar refractivity (Wildman–Crippen MR) is 97.1 cm³/mol. The van der Waals surface area contributed by atoms with E-state index in [-0.39, 0.29) is 36.2 Å². The van der Waals surface area contributed by atoms with Gasteiger partial charge in [0.2, 0.25) is 11.8 Å². The highest BCUT2D eigenvalue weighted by Crippen LogP contribution is 2.27. The summed E-state index contributed by atoms with van der Waals surface area (Å²) >= 11 is 0. The molecule has 1 aromatic carbocycles. The molecule has 1 saturated heterocycles. The van der Waals surface area contributed by atoms with Crippen molar-refractivity contribution in [1.82, 2.24) is 5.32 Å². The Bertz CT molecular complexity index is 567. The third-order valence-electron chi connectivity index (χ3n) is 5.01. The van der Waals surface area contributed by atoms with Gasteiger partial charge in [-0.1, -0.05) is 24.6 Å². The fraction of sp³-hybridized carbons (Fsp3) is 0.556. The molecule has 1 heterocycles. The van der Waals surface area contributed by atoms with Gasteiger partial charge in [0.1, 0.15) is 6.04 Å². The molecule has 0 bridgehead atoms. The number of rotatable bonds is 4. The van der Waals surface area contributed by atoms with Crippen LogP contribution in [0.4, 0.5) is 5.69 Å². The number of benzene rings is 1. The van der Waals surface area contributed by atoms with Crippen molar-refractivity contribution in [2.75, 3.05) is 11.4 Å². The predicted octanol–water partition coefficient (Wildman–Crippen LogP) is 2.24. The van der Waals surface area contributed by atoms with Gasteiger partial charge in [-0.2, -0.15) is 0 Å². The smallest absolute Gasteiger partial charge is 0.249 e. The fourth-order valence-corrected chi connectivity index (χ4v) is 3.68. The van der Waals surface area contributed by atoms with Crippen molar-refractivity contribution in [1.29, 1.82) is 0 Å². The van der Waals surface area contributed by atoms with Crippen molar-refractivity contribution >= 4 is 29.9 Å². The number of hydrogen-bond donors (Lipinski definition) is 2. The summed E-state index contributed by atoms with van der Waals surface area (Å²) in [5, 5.41) is 2.93. The normalized spacial score (nSPS) is 26.8. The minimum atomic E-state index is -0.408. The van der Waals surface area contributed by atoms with E-state index in [2.05, 4.69) is 5.32 Å². The van der Waals surface area contributed by atoms with E-state index >= 15 is 0 Å². The van der Waals surface area contributed by atoms with Crippen molar-refractivity contribution < 1.29 is 9.59 Å². The summed E-state index contributed by atoms with van der Waals surface area (Å²) in [6.45, 7) is 0.711. The average molecular weight is 352 g/mol. The van der Waals surface area contributed by atoms with Gasteiger partial charge in [-0.3, -0.25) is 9.59 Å². The van der Waals surface area contributed by atoms with Gasteiger partial charge in [0, 0.05) is 24.7 Å². The molecular weight excluding hydrogens is 326 g/mol. The molecule has 1 aromatic rings. The molecule has 0 aromatic heterocycles. The topological polar surface area (TPSA) is 75.4 Å². The number of halogens is 1. The number of piperidine rings is 1. The second kappa shape index (κ2) is 8.49. The van der Waals surface area contributed by atoms with Crippen LogP contribution < -0.4 is 16.0 Å². The Kier molecular flexibility index (Phi) is 6.63. The van der Waals surface area contributed by atoms with Crippen molar-refractivity contribution in [3.8, 4) is 0 Å². The third kappa shape index (κ3) is 4.28. The fourth-order valence-electron chi connectivity index (χ4n) is 3.68. The zero-order valence-corrected chi connectivity index (χ0v) is 14.6. The first-order valence-electron chi connectivity index (χ1n) is 8.56. The zero-order valence-electron chi connectivity index (χ0n) is 13.8. The molecule has 1 saturated carbocycles. The molecule has 2 aliphatic rings. The van der Waals surface area contributed by atoms with E-state index in [1.165, 1.54) is 0 Å². The number of carbonyl (C=O) groups excluding carboxylic acids is 2. The van der Waals surface area contributed by atoms with E-state index in [9.17, 15) is 9.59 Å². The van der Waals surface area contributed by atoms with Crippen molar-refractivity contribution in [2.45, 2.75) is 50.6 Å². The molecule has 2 fully saturated rings. The van der Waals surface area contributed by atoms with Gasteiger partial charge in [0.05, 0.1) is 0 Å². The van der Waals surface area contributed by atoms with Crippen LogP contribution in [0.3, 0.4) is 0 Å². The van der Waals surface area contributed by atoms with Crippen LogP contribution in [0.5, 0.6) is 0 Å². The molecule has 0 radical (unpaired) electrons. The Labute approximate surface area is 149 Å². The van der Waals surface area contributed by atoms with Crippen molar-refractivity contribution in [2.24, 2.45) is 11.7 Å². The van der Waals surface area contributed by atoms with Gasteiger partial charge in [-0.05, 0) is 43.7 Å². The van der Waals surface area contributed by atoms with E-state index in [4.69, 9.17) is 5.73 Å². The number of nitrogens with two attached hydrogens (primary N) is 1. The van der Waals surface area contributed by atoms with E-state index < -0.39 is 6.04 Å². The summed E-state index contributed by atoms with van der Waals surface area (Å²) < 4.78 is 0.